The lowest BCUT2D eigenvalue weighted by atomic mass is 9.96. The molecule has 2 aliphatic carbocycles. The summed E-state index contributed by atoms with van der Waals surface area (Å²) in [5.41, 5.74) is 2.55. The van der Waals surface area contributed by atoms with E-state index in [1.165, 1.54) is 55.2 Å². The van der Waals surface area contributed by atoms with E-state index in [-0.39, 0.29) is 0 Å². The third-order valence-corrected chi connectivity index (χ3v) is 7.21. The minimum atomic E-state index is -2.74. The van der Waals surface area contributed by atoms with Crippen LogP contribution in [0.15, 0.2) is 22.7 Å². The molecule has 1 heterocycles. The lowest BCUT2D eigenvalue weighted by Gasteiger charge is -2.21. The molecular weight excluding hydrogens is 508 g/mol. The van der Waals surface area contributed by atoms with Gasteiger partial charge in [-0.25, -0.2) is 4.79 Å². The summed E-state index contributed by atoms with van der Waals surface area (Å²) in [5.74, 6) is -2.29. The Balaban J connectivity index is 0.000000276. The van der Waals surface area contributed by atoms with E-state index in [2.05, 4.69) is 35.6 Å². The van der Waals surface area contributed by atoms with Gasteiger partial charge in [0.05, 0.1) is 25.1 Å². The summed E-state index contributed by atoms with van der Waals surface area (Å²) < 4.78 is 11.4. The molecule has 2 aliphatic rings. The Labute approximate surface area is 227 Å². The summed E-state index contributed by atoms with van der Waals surface area (Å²) in [6.45, 7) is 5.67. The van der Waals surface area contributed by atoms with Gasteiger partial charge in [-0.05, 0) is 69.1 Å². The molecule has 1 saturated carbocycles. The standard InChI is InChI=1S/C22H30N2O2.C6H8O7/c1-3-25-22-13-17-7-4-6-16(17)11-19(22)14-23-21-9-5-8-18(21)12-20-10-15(2)24-26-20;7-3(8)1-6(13,5(11)12)2-4(9)10/h10-11,13,18,21,23H,3-9,12,14H2,1-2H3;13H,1-2H2,(H,7,8)(H,9,10)(H,11,12)/t18-,21+;/m0./s1. The number of aliphatic carboxylic acids is 3. The number of rotatable bonds is 12. The topological polar surface area (TPSA) is 179 Å². The normalized spacial score (nSPS) is 18.2. The number of nitrogens with zero attached hydrogens (tertiary/aromatic N) is 1. The molecule has 11 heteroatoms. The highest BCUT2D eigenvalue weighted by molar-refractivity contribution is 5.88. The number of ether oxygens (including phenoxy) is 1. The SMILES string of the molecule is CCOc1cc2c(cc1CN[C@@H]1CCC[C@H]1Cc1cc(C)no1)CCC2.O=C(O)CC(O)(CC(=O)O)C(=O)O. The number of hydrogen-bond acceptors (Lipinski definition) is 8. The van der Waals surface area contributed by atoms with Crippen LogP contribution in [0.5, 0.6) is 5.75 Å². The fraction of sp³-hybridized carbons (Fsp3) is 0.571. The van der Waals surface area contributed by atoms with Gasteiger partial charge in [-0.3, -0.25) is 9.59 Å². The van der Waals surface area contributed by atoms with Crippen molar-refractivity contribution < 1.29 is 44.1 Å². The summed E-state index contributed by atoms with van der Waals surface area (Å²) in [5, 5.41) is 41.7. The van der Waals surface area contributed by atoms with Gasteiger partial charge in [-0.1, -0.05) is 17.6 Å². The van der Waals surface area contributed by atoms with Crippen LogP contribution < -0.4 is 10.1 Å². The molecule has 0 radical (unpaired) electrons. The second-order valence-electron chi connectivity index (χ2n) is 10.3. The van der Waals surface area contributed by atoms with Gasteiger partial charge in [0.2, 0.25) is 0 Å². The maximum Gasteiger partial charge on any atom is 0.336 e. The number of carbonyl (C=O) groups is 3. The summed E-state index contributed by atoms with van der Waals surface area (Å²) >= 11 is 0. The van der Waals surface area contributed by atoms with Crippen LogP contribution in [-0.4, -0.2) is 61.7 Å². The first kappa shape index (κ1) is 30.1. The minimum Gasteiger partial charge on any atom is -0.494 e. The van der Waals surface area contributed by atoms with Crippen molar-refractivity contribution in [1.82, 2.24) is 10.5 Å². The molecular formula is C28H38N2O9. The Morgan fingerprint density at radius 3 is 2.28 bits per heavy atom. The number of aryl methyl sites for hydroxylation is 3. The molecule has 0 spiro atoms. The summed E-state index contributed by atoms with van der Waals surface area (Å²) in [6.07, 6.45) is 6.18. The number of benzene rings is 1. The van der Waals surface area contributed by atoms with E-state index >= 15 is 0 Å². The Bertz CT molecular complexity index is 1140. The first-order valence-corrected chi connectivity index (χ1v) is 13.3. The van der Waals surface area contributed by atoms with Gasteiger partial charge >= 0.3 is 17.9 Å². The van der Waals surface area contributed by atoms with Crippen molar-refractivity contribution >= 4 is 17.9 Å². The van der Waals surface area contributed by atoms with E-state index in [4.69, 9.17) is 29.7 Å². The van der Waals surface area contributed by atoms with Gasteiger partial charge in [0.1, 0.15) is 11.5 Å². The Kier molecular flexibility index (Phi) is 10.5. The first-order chi connectivity index (χ1) is 18.5. The second kappa shape index (κ2) is 13.6. The van der Waals surface area contributed by atoms with E-state index in [1.807, 2.05) is 6.92 Å². The quantitative estimate of drug-likeness (QED) is 0.264. The van der Waals surface area contributed by atoms with Crippen LogP contribution in [0.1, 0.15) is 73.6 Å². The fourth-order valence-electron chi connectivity index (χ4n) is 5.36. The summed E-state index contributed by atoms with van der Waals surface area (Å²) in [6, 6.07) is 7.28. The van der Waals surface area contributed by atoms with Crippen LogP contribution in [0.3, 0.4) is 0 Å². The molecule has 4 rings (SSSR count). The van der Waals surface area contributed by atoms with Gasteiger partial charge in [-0.15, -0.1) is 0 Å². The fourth-order valence-corrected chi connectivity index (χ4v) is 5.36. The molecule has 214 valence electrons. The highest BCUT2D eigenvalue weighted by Crippen LogP contribution is 2.32. The van der Waals surface area contributed by atoms with Crippen molar-refractivity contribution in [3.8, 4) is 5.75 Å². The molecule has 2 atom stereocenters. The van der Waals surface area contributed by atoms with E-state index in [9.17, 15) is 14.4 Å². The van der Waals surface area contributed by atoms with Gasteiger partial charge in [0.15, 0.2) is 5.60 Å². The second-order valence-corrected chi connectivity index (χ2v) is 10.3. The van der Waals surface area contributed by atoms with Crippen molar-refractivity contribution in [2.75, 3.05) is 6.61 Å². The minimum absolute atomic E-state index is 0.545. The van der Waals surface area contributed by atoms with E-state index in [0.717, 1.165) is 36.8 Å². The molecule has 0 bridgehead atoms. The molecule has 0 amide bonds. The molecule has 1 aromatic heterocycles. The molecule has 2 aromatic rings. The third kappa shape index (κ3) is 8.52. The lowest BCUT2D eigenvalue weighted by Crippen LogP contribution is -2.42. The highest BCUT2D eigenvalue weighted by atomic mass is 16.5. The molecule has 0 unspecified atom stereocenters. The number of nitrogens with one attached hydrogen (secondary N) is 1. The summed E-state index contributed by atoms with van der Waals surface area (Å²) in [4.78, 5) is 30.5. The number of fused-ring (bicyclic) bond motifs is 1. The van der Waals surface area contributed by atoms with E-state index in [0.29, 0.717) is 12.0 Å². The maximum atomic E-state index is 10.3. The van der Waals surface area contributed by atoms with Gasteiger partial charge in [0, 0.05) is 30.6 Å². The largest absolute Gasteiger partial charge is 0.494 e. The predicted molar refractivity (Wildman–Crippen MR) is 140 cm³/mol. The van der Waals surface area contributed by atoms with Crippen LogP contribution in [0.2, 0.25) is 0 Å². The first-order valence-electron chi connectivity index (χ1n) is 13.3. The van der Waals surface area contributed by atoms with Crippen molar-refractivity contribution in [3.05, 3.63) is 46.3 Å². The number of aliphatic hydroxyl groups is 1. The van der Waals surface area contributed by atoms with E-state index < -0.39 is 36.4 Å². The zero-order valence-electron chi connectivity index (χ0n) is 22.4. The van der Waals surface area contributed by atoms with Crippen LogP contribution in [0.4, 0.5) is 0 Å². The number of carboxylic acid groups (broad SMARTS) is 3. The molecule has 39 heavy (non-hydrogen) atoms. The van der Waals surface area contributed by atoms with Crippen LogP contribution in [0.25, 0.3) is 0 Å². The zero-order valence-corrected chi connectivity index (χ0v) is 22.4. The molecule has 1 aromatic carbocycles. The number of hydrogen-bond donors (Lipinski definition) is 5. The molecule has 1 fully saturated rings. The average molecular weight is 547 g/mol. The van der Waals surface area contributed by atoms with Crippen LogP contribution >= 0.6 is 0 Å². The molecule has 0 saturated heterocycles. The zero-order chi connectivity index (χ0) is 28.6. The number of carboxylic acids is 3. The highest BCUT2D eigenvalue weighted by Gasteiger charge is 2.40. The number of aromatic nitrogens is 1. The monoisotopic (exact) mass is 546 g/mol. The Morgan fingerprint density at radius 2 is 1.72 bits per heavy atom. The average Bonchev–Trinajstić information content (AvgIpc) is 3.58. The van der Waals surface area contributed by atoms with Crippen molar-refractivity contribution in [2.45, 2.75) is 89.8 Å². The van der Waals surface area contributed by atoms with Gasteiger partial charge in [-0.2, -0.15) is 0 Å². The molecule has 5 N–H and O–H groups in total. The lowest BCUT2D eigenvalue weighted by molar-refractivity contribution is -0.170. The van der Waals surface area contributed by atoms with Gasteiger partial charge < -0.3 is 35.0 Å². The van der Waals surface area contributed by atoms with Crippen molar-refractivity contribution in [1.29, 1.82) is 0 Å². The summed E-state index contributed by atoms with van der Waals surface area (Å²) in [7, 11) is 0. The van der Waals surface area contributed by atoms with Gasteiger partial charge in [0.25, 0.3) is 0 Å². The Hall–Kier alpha value is -3.44. The van der Waals surface area contributed by atoms with Crippen molar-refractivity contribution in [3.63, 3.8) is 0 Å². The van der Waals surface area contributed by atoms with E-state index in [1.54, 1.807) is 0 Å². The van der Waals surface area contributed by atoms with Crippen LogP contribution in [-0.2, 0) is 40.2 Å². The van der Waals surface area contributed by atoms with Crippen molar-refractivity contribution in [2.24, 2.45) is 5.92 Å². The third-order valence-electron chi connectivity index (χ3n) is 7.21. The smallest absolute Gasteiger partial charge is 0.336 e. The van der Waals surface area contributed by atoms with Crippen LogP contribution in [0, 0.1) is 12.8 Å². The Morgan fingerprint density at radius 1 is 1.05 bits per heavy atom. The maximum absolute atomic E-state index is 10.3. The molecule has 0 aliphatic heterocycles. The predicted octanol–water partition coefficient (Wildman–Crippen LogP) is 3.12. The molecule has 11 nitrogen and oxygen atoms in total.